The van der Waals surface area contributed by atoms with Gasteiger partial charge in [0.1, 0.15) is 5.82 Å². The lowest BCUT2D eigenvalue weighted by molar-refractivity contribution is -0.120. The Labute approximate surface area is 139 Å². The van der Waals surface area contributed by atoms with Crippen molar-refractivity contribution in [2.45, 2.75) is 24.3 Å². The number of carbonyl (C=O) groups excluding carboxylic acids is 1. The molecule has 0 radical (unpaired) electrons. The minimum absolute atomic E-state index is 0.0534. The molecule has 0 aliphatic heterocycles. The molecule has 1 aromatic heterocycles. The first kappa shape index (κ1) is 16.8. The van der Waals surface area contributed by atoms with Crippen LogP contribution in [0.3, 0.4) is 0 Å². The van der Waals surface area contributed by atoms with Gasteiger partial charge in [-0.15, -0.1) is 11.8 Å². The van der Waals surface area contributed by atoms with Crippen LogP contribution in [0.15, 0.2) is 30.3 Å². The molecule has 0 aliphatic carbocycles. The van der Waals surface area contributed by atoms with Crippen LogP contribution in [0.1, 0.15) is 18.3 Å². The lowest BCUT2D eigenvalue weighted by atomic mass is 10.2. The van der Waals surface area contributed by atoms with Gasteiger partial charge >= 0.3 is 0 Å². The molecule has 2 rings (SSSR count). The average molecular weight is 336 g/mol. The van der Waals surface area contributed by atoms with Crippen LogP contribution in [0.2, 0.25) is 0 Å². The first-order valence-electron chi connectivity index (χ1n) is 7.11. The van der Waals surface area contributed by atoms with Crippen LogP contribution in [0.25, 0.3) is 0 Å². The Morgan fingerprint density at radius 2 is 2.18 bits per heavy atom. The summed E-state index contributed by atoms with van der Waals surface area (Å²) in [7, 11) is 1.86. The summed E-state index contributed by atoms with van der Waals surface area (Å²) in [5.74, 6) is 1.73. The summed E-state index contributed by atoms with van der Waals surface area (Å²) in [6.45, 7) is 2.49. The molecule has 0 saturated heterocycles. The number of carbonyl (C=O) groups is 1. The Bertz CT molecular complexity index is 666. The lowest BCUT2D eigenvalue weighted by Gasteiger charge is -2.11. The van der Waals surface area contributed by atoms with E-state index >= 15 is 0 Å². The van der Waals surface area contributed by atoms with Gasteiger partial charge in [0.25, 0.3) is 0 Å². The van der Waals surface area contributed by atoms with E-state index in [1.807, 2.05) is 36.7 Å². The molecule has 1 amide bonds. The van der Waals surface area contributed by atoms with E-state index in [1.165, 1.54) is 5.56 Å². The van der Waals surface area contributed by atoms with Crippen molar-refractivity contribution in [1.29, 1.82) is 0 Å². The molecule has 118 valence electrons. The maximum absolute atomic E-state index is 12.1. The molecular weight excluding hydrogens is 316 g/mol. The van der Waals surface area contributed by atoms with E-state index in [0.29, 0.717) is 17.7 Å². The predicted octanol–water partition coefficient (Wildman–Crippen LogP) is 2.46. The molecular formula is C15H20N4OS2. The van der Waals surface area contributed by atoms with Crippen molar-refractivity contribution in [3.05, 3.63) is 46.5 Å². The summed E-state index contributed by atoms with van der Waals surface area (Å²) in [6, 6.07) is 10.2. The Morgan fingerprint density at radius 1 is 1.45 bits per heavy atom. The van der Waals surface area contributed by atoms with Gasteiger partial charge in [0, 0.05) is 25.8 Å². The number of nitrogens with zero attached hydrogens (tertiary/aromatic N) is 2. The first-order valence-corrected chi connectivity index (χ1v) is 8.57. The zero-order valence-corrected chi connectivity index (χ0v) is 14.3. The van der Waals surface area contributed by atoms with Gasteiger partial charge in [-0.1, -0.05) is 30.3 Å². The summed E-state index contributed by atoms with van der Waals surface area (Å²) in [6.07, 6.45) is 0.658. The molecule has 7 heteroatoms. The molecule has 2 aromatic rings. The number of hydrogen-bond acceptors (Lipinski definition) is 4. The van der Waals surface area contributed by atoms with Crippen molar-refractivity contribution >= 4 is 29.9 Å². The zero-order valence-electron chi connectivity index (χ0n) is 12.7. The number of aromatic nitrogens is 3. The predicted molar refractivity (Wildman–Crippen MR) is 92.3 cm³/mol. The lowest BCUT2D eigenvalue weighted by Crippen LogP contribution is -2.32. The number of aromatic amines is 1. The monoisotopic (exact) mass is 336 g/mol. The van der Waals surface area contributed by atoms with E-state index < -0.39 is 0 Å². The van der Waals surface area contributed by atoms with Gasteiger partial charge in [-0.3, -0.25) is 9.89 Å². The number of benzene rings is 1. The zero-order chi connectivity index (χ0) is 15.9. The smallest absolute Gasteiger partial charge is 0.232 e. The van der Waals surface area contributed by atoms with E-state index in [4.69, 9.17) is 12.2 Å². The van der Waals surface area contributed by atoms with Gasteiger partial charge in [0.15, 0.2) is 4.77 Å². The van der Waals surface area contributed by atoms with Crippen LogP contribution in [-0.2, 0) is 24.0 Å². The van der Waals surface area contributed by atoms with E-state index in [-0.39, 0.29) is 11.2 Å². The van der Waals surface area contributed by atoms with Crippen LogP contribution < -0.4 is 5.32 Å². The highest BCUT2D eigenvalue weighted by Crippen LogP contribution is 2.17. The number of nitrogens with one attached hydrogen (secondary N) is 2. The molecule has 5 nitrogen and oxygen atoms in total. The minimum Gasteiger partial charge on any atom is -0.355 e. The molecule has 0 aliphatic rings. The van der Waals surface area contributed by atoms with Crippen LogP contribution in [0.4, 0.5) is 0 Å². The molecule has 1 heterocycles. The molecule has 2 N–H and O–H groups in total. The van der Waals surface area contributed by atoms with Crippen molar-refractivity contribution in [3.63, 3.8) is 0 Å². The normalized spacial score (nSPS) is 12.1. The number of thioether (sulfide) groups is 1. The molecule has 0 fully saturated rings. The van der Waals surface area contributed by atoms with Crippen molar-refractivity contribution < 1.29 is 4.79 Å². The second-order valence-electron chi connectivity index (χ2n) is 4.98. The quantitative estimate of drug-likeness (QED) is 0.763. The Morgan fingerprint density at radius 3 is 2.82 bits per heavy atom. The second kappa shape index (κ2) is 8.14. The van der Waals surface area contributed by atoms with Gasteiger partial charge in [0.2, 0.25) is 5.91 Å². The summed E-state index contributed by atoms with van der Waals surface area (Å²) in [5, 5.41) is 9.72. The SMILES string of the molecule is C[C@@H](SCc1ccccc1)C(=O)NCCc1n[nH]c(=S)n1C. The fraction of sp³-hybridized carbons (Fsp3) is 0.400. The van der Waals surface area contributed by atoms with Gasteiger partial charge in [0.05, 0.1) is 5.25 Å². The van der Waals surface area contributed by atoms with Gasteiger partial charge in [-0.05, 0) is 24.7 Å². The van der Waals surface area contributed by atoms with Gasteiger partial charge < -0.3 is 9.88 Å². The second-order valence-corrected chi connectivity index (χ2v) is 6.70. The highest BCUT2D eigenvalue weighted by Gasteiger charge is 2.13. The molecule has 0 saturated carbocycles. The van der Waals surface area contributed by atoms with E-state index in [2.05, 4.69) is 27.6 Å². The topological polar surface area (TPSA) is 62.7 Å². The van der Waals surface area contributed by atoms with Crippen molar-refractivity contribution in [2.24, 2.45) is 7.05 Å². The Hall–Kier alpha value is -1.60. The number of hydrogen-bond donors (Lipinski definition) is 2. The average Bonchev–Trinajstić information content (AvgIpc) is 2.85. The maximum atomic E-state index is 12.1. The van der Waals surface area contributed by atoms with Gasteiger partial charge in [-0.25, -0.2) is 0 Å². The van der Waals surface area contributed by atoms with Gasteiger partial charge in [-0.2, -0.15) is 5.10 Å². The van der Waals surface area contributed by atoms with Crippen molar-refractivity contribution in [1.82, 2.24) is 20.1 Å². The molecule has 0 unspecified atom stereocenters. The minimum atomic E-state index is -0.0809. The summed E-state index contributed by atoms with van der Waals surface area (Å²) in [4.78, 5) is 12.1. The molecule has 0 bridgehead atoms. The highest BCUT2D eigenvalue weighted by atomic mass is 32.2. The molecule has 1 atom stereocenters. The fourth-order valence-electron chi connectivity index (χ4n) is 1.92. The highest BCUT2D eigenvalue weighted by molar-refractivity contribution is 7.99. The van der Waals surface area contributed by atoms with Crippen molar-refractivity contribution in [3.8, 4) is 0 Å². The molecule has 0 spiro atoms. The number of rotatable bonds is 7. The fourth-order valence-corrected chi connectivity index (χ4v) is 2.94. The molecule has 22 heavy (non-hydrogen) atoms. The maximum Gasteiger partial charge on any atom is 0.232 e. The largest absolute Gasteiger partial charge is 0.355 e. The Balaban J connectivity index is 1.72. The summed E-state index contributed by atoms with van der Waals surface area (Å²) < 4.78 is 2.41. The number of H-pyrrole nitrogens is 1. The van der Waals surface area contributed by atoms with E-state index in [0.717, 1.165) is 11.6 Å². The number of amides is 1. The first-order chi connectivity index (χ1) is 10.6. The standard InChI is InChI=1S/C15H20N4OS2/c1-11(22-10-12-6-4-3-5-7-12)14(20)16-9-8-13-17-18-15(21)19(13)2/h3-7,11H,8-10H2,1-2H3,(H,16,20)(H,18,21)/t11-/m1/s1. The van der Waals surface area contributed by atoms with Crippen LogP contribution >= 0.6 is 24.0 Å². The third-order valence-corrected chi connectivity index (χ3v) is 4.91. The summed E-state index contributed by atoms with van der Waals surface area (Å²) in [5.41, 5.74) is 1.23. The third kappa shape index (κ3) is 4.71. The third-order valence-electron chi connectivity index (χ3n) is 3.33. The van der Waals surface area contributed by atoms with Crippen molar-refractivity contribution in [2.75, 3.05) is 6.54 Å². The van der Waals surface area contributed by atoms with E-state index in [9.17, 15) is 4.79 Å². The summed E-state index contributed by atoms with van der Waals surface area (Å²) >= 11 is 6.69. The van der Waals surface area contributed by atoms with Crippen LogP contribution in [0, 0.1) is 4.77 Å². The Kier molecular flexibility index (Phi) is 6.21. The van der Waals surface area contributed by atoms with Crippen LogP contribution in [0.5, 0.6) is 0 Å². The molecule has 1 aromatic carbocycles. The van der Waals surface area contributed by atoms with E-state index in [1.54, 1.807) is 11.8 Å². The van der Waals surface area contributed by atoms with Crippen LogP contribution in [-0.4, -0.2) is 32.5 Å².